The van der Waals surface area contributed by atoms with Gasteiger partial charge in [0.05, 0.1) is 6.61 Å². The van der Waals surface area contributed by atoms with Crippen molar-refractivity contribution in [2.45, 2.75) is 20.3 Å². The normalized spacial score (nSPS) is 10.3. The molecule has 0 N–H and O–H groups in total. The van der Waals surface area contributed by atoms with Crippen LogP contribution in [0, 0.1) is 6.92 Å². The van der Waals surface area contributed by atoms with Crippen LogP contribution in [0.2, 0.25) is 0 Å². The molecule has 0 heterocycles. The Morgan fingerprint density at radius 2 is 1.75 bits per heavy atom. The minimum Gasteiger partial charge on any atom is -0.494 e. The van der Waals surface area contributed by atoms with Gasteiger partial charge in [-0.15, -0.1) is 0 Å². The monoisotopic (exact) mass is 332 g/mol. The molecule has 0 aliphatic rings. The van der Waals surface area contributed by atoms with Crippen LogP contribution in [-0.2, 0) is 0 Å². The van der Waals surface area contributed by atoms with Gasteiger partial charge in [-0.25, -0.2) is 0 Å². The fourth-order valence-electron chi connectivity index (χ4n) is 1.88. The van der Waals surface area contributed by atoms with E-state index < -0.39 is 0 Å². The number of rotatable bonds is 5. The average Bonchev–Trinajstić information content (AvgIpc) is 2.48. The smallest absolute Gasteiger partial charge is 0.193 e. The first kappa shape index (κ1) is 14.8. The highest BCUT2D eigenvalue weighted by Gasteiger charge is 2.10. The number of hydrogen-bond donors (Lipinski definition) is 0. The second kappa shape index (κ2) is 6.71. The average molecular weight is 333 g/mol. The summed E-state index contributed by atoms with van der Waals surface area (Å²) in [5.74, 6) is 0.832. The van der Waals surface area contributed by atoms with Crippen LogP contribution in [0.4, 0.5) is 0 Å². The Hall–Kier alpha value is -1.61. The maximum absolute atomic E-state index is 12.4. The van der Waals surface area contributed by atoms with Gasteiger partial charge in [0.2, 0.25) is 0 Å². The molecular weight excluding hydrogens is 316 g/mol. The first-order valence-corrected chi connectivity index (χ1v) is 7.45. The first-order valence-electron chi connectivity index (χ1n) is 6.65. The topological polar surface area (TPSA) is 26.3 Å². The molecule has 0 radical (unpaired) electrons. The minimum atomic E-state index is 0.0302. The maximum Gasteiger partial charge on any atom is 0.193 e. The standard InChI is InChI=1S/C17H17BrO2/c1-3-10-20-15-7-4-13(5-8-15)17(19)14-6-9-16(18)12(2)11-14/h4-9,11H,3,10H2,1-2H3. The number of aryl methyl sites for hydroxylation is 1. The molecule has 104 valence electrons. The summed E-state index contributed by atoms with van der Waals surface area (Å²) in [6.07, 6.45) is 0.971. The maximum atomic E-state index is 12.4. The van der Waals surface area contributed by atoms with E-state index in [0.29, 0.717) is 17.7 Å². The molecule has 0 unspecified atom stereocenters. The molecule has 0 aromatic heterocycles. The fraction of sp³-hybridized carbons (Fsp3) is 0.235. The number of carbonyl (C=O) groups is 1. The molecule has 0 saturated heterocycles. The molecule has 0 aliphatic heterocycles. The zero-order valence-electron chi connectivity index (χ0n) is 11.7. The lowest BCUT2D eigenvalue weighted by Gasteiger charge is -2.06. The van der Waals surface area contributed by atoms with E-state index in [2.05, 4.69) is 22.9 Å². The van der Waals surface area contributed by atoms with E-state index in [1.54, 1.807) is 0 Å². The summed E-state index contributed by atoms with van der Waals surface area (Å²) in [6, 6.07) is 12.9. The van der Waals surface area contributed by atoms with Crippen molar-refractivity contribution in [1.82, 2.24) is 0 Å². The molecule has 2 nitrogen and oxygen atoms in total. The summed E-state index contributed by atoms with van der Waals surface area (Å²) < 4.78 is 6.52. The minimum absolute atomic E-state index is 0.0302. The van der Waals surface area contributed by atoms with Crippen LogP contribution in [-0.4, -0.2) is 12.4 Å². The number of hydrogen-bond acceptors (Lipinski definition) is 2. The summed E-state index contributed by atoms with van der Waals surface area (Å²) in [7, 11) is 0. The lowest BCUT2D eigenvalue weighted by atomic mass is 10.0. The number of benzene rings is 2. The largest absolute Gasteiger partial charge is 0.494 e. The van der Waals surface area contributed by atoms with Gasteiger partial charge in [-0.1, -0.05) is 22.9 Å². The predicted octanol–water partition coefficient (Wildman–Crippen LogP) is 4.78. The van der Waals surface area contributed by atoms with Crippen LogP contribution in [0.5, 0.6) is 5.75 Å². The van der Waals surface area contributed by atoms with Gasteiger partial charge in [-0.2, -0.15) is 0 Å². The van der Waals surface area contributed by atoms with Gasteiger partial charge >= 0.3 is 0 Å². The summed E-state index contributed by atoms with van der Waals surface area (Å²) in [5.41, 5.74) is 2.43. The van der Waals surface area contributed by atoms with Crippen molar-refractivity contribution in [3.05, 3.63) is 63.6 Å². The van der Waals surface area contributed by atoms with Crippen LogP contribution >= 0.6 is 15.9 Å². The number of carbonyl (C=O) groups excluding carboxylic acids is 1. The molecule has 0 amide bonds. The molecule has 0 fully saturated rings. The first-order chi connectivity index (χ1) is 9.61. The molecular formula is C17H17BrO2. The molecule has 2 aromatic carbocycles. The van der Waals surface area contributed by atoms with Crippen molar-refractivity contribution < 1.29 is 9.53 Å². The van der Waals surface area contributed by atoms with Crippen LogP contribution in [0.3, 0.4) is 0 Å². The highest BCUT2D eigenvalue weighted by molar-refractivity contribution is 9.10. The van der Waals surface area contributed by atoms with E-state index in [-0.39, 0.29) is 5.78 Å². The Kier molecular flexibility index (Phi) is 4.96. The quantitative estimate of drug-likeness (QED) is 0.736. The van der Waals surface area contributed by atoms with Crippen molar-refractivity contribution in [3.8, 4) is 5.75 Å². The lowest BCUT2D eigenvalue weighted by molar-refractivity contribution is 0.103. The zero-order valence-corrected chi connectivity index (χ0v) is 13.2. The summed E-state index contributed by atoms with van der Waals surface area (Å²) in [4.78, 5) is 12.4. The number of ketones is 1. The molecule has 0 bridgehead atoms. The highest BCUT2D eigenvalue weighted by Crippen LogP contribution is 2.20. The molecule has 3 heteroatoms. The van der Waals surface area contributed by atoms with E-state index in [0.717, 1.165) is 22.2 Å². The Labute approximate surface area is 127 Å². The summed E-state index contributed by atoms with van der Waals surface area (Å²) in [5, 5.41) is 0. The Morgan fingerprint density at radius 1 is 1.10 bits per heavy atom. The molecule has 20 heavy (non-hydrogen) atoms. The predicted molar refractivity (Wildman–Crippen MR) is 84.5 cm³/mol. The lowest BCUT2D eigenvalue weighted by Crippen LogP contribution is -2.02. The fourth-order valence-corrected chi connectivity index (χ4v) is 2.12. The van der Waals surface area contributed by atoms with Crippen LogP contribution < -0.4 is 4.74 Å². The third kappa shape index (κ3) is 3.48. The number of halogens is 1. The molecule has 0 aliphatic carbocycles. The van der Waals surface area contributed by atoms with Gasteiger partial charge in [-0.3, -0.25) is 4.79 Å². The molecule has 0 saturated carbocycles. The van der Waals surface area contributed by atoms with Gasteiger partial charge in [0.1, 0.15) is 5.75 Å². The van der Waals surface area contributed by atoms with E-state index in [9.17, 15) is 4.79 Å². The Morgan fingerprint density at radius 3 is 2.35 bits per heavy atom. The van der Waals surface area contributed by atoms with Gasteiger partial charge in [0, 0.05) is 15.6 Å². The van der Waals surface area contributed by atoms with Gasteiger partial charge in [-0.05, 0) is 61.4 Å². The van der Waals surface area contributed by atoms with Crippen molar-refractivity contribution in [1.29, 1.82) is 0 Å². The third-order valence-corrected chi connectivity index (χ3v) is 3.90. The highest BCUT2D eigenvalue weighted by atomic mass is 79.9. The zero-order chi connectivity index (χ0) is 14.5. The molecule has 0 atom stereocenters. The van der Waals surface area contributed by atoms with Crippen LogP contribution in [0.1, 0.15) is 34.8 Å². The van der Waals surface area contributed by atoms with Gasteiger partial charge < -0.3 is 4.74 Å². The SMILES string of the molecule is CCCOc1ccc(C(=O)c2ccc(Br)c(C)c2)cc1. The Balaban J connectivity index is 2.18. The van der Waals surface area contributed by atoms with Gasteiger partial charge in [0.15, 0.2) is 5.78 Å². The van der Waals surface area contributed by atoms with E-state index in [1.807, 2.05) is 49.4 Å². The summed E-state index contributed by atoms with van der Waals surface area (Å²) in [6.45, 7) is 4.73. The summed E-state index contributed by atoms with van der Waals surface area (Å²) >= 11 is 3.44. The Bertz CT molecular complexity index is 603. The second-order valence-corrected chi connectivity index (χ2v) is 5.52. The van der Waals surface area contributed by atoms with Gasteiger partial charge in [0.25, 0.3) is 0 Å². The van der Waals surface area contributed by atoms with Crippen LogP contribution in [0.25, 0.3) is 0 Å². The van der Waals surface area contributed by atoms with E-state index in [1.165, 1.54) is 0 Å². The number of ether oxygens (including phenoxy) is 1. The van der Waals surface area contributed by atoms with Crippen molar-refractivity contribution in [2.75, 3.05) is 6.61 Å². The van der Waals surface area contributed by atoms with Crippen molar-refractivity contribution in [3.63, 3.8) is 0 Å². The third-order valence-electron chi connectivity index (χ3n) is 3.01. The van der Waals surface area contributed by atoms with E-state index in [4.69, 9.17) is 4.74 Å². The molecule has 2 rings (SSSR count). The van der Waals surface area contributed by atoms with Crippen LogP contribution in [0.15, 0.2) is 46.9 Å². The van der Waals surface area contributed by atoms with Crippen molar-refractivity contribution in [2.24, 2.45) is 0 Å². The van der Waals surface area contributed by atoms with E-state index >= 15 is 0 Å². The molecule has 0 spiro atoms. The van der Waals surface area contributed by atoms with Crippen molar-refractivity contribution >= 4 is 21.7 Å². The molecule has 2 aromatic rings. The second-order valence-electron chi connectivity index (χ2n) is 4.67.